The van der Waals surface area contributed by atoms with Crippen molar-refractivity contribution in [1.82, 2.24) is 10.2 Å². The Hall–Kier alpha value is -1.62. The summed E-state index contributed by atoms with van der Waals surface area (Å²) in [5.41, 5.74) is 0.451. The summed E-state index contributed by atoms with van der Waals surface area (Å²) >= 11 is 0. The van der Waals surface area contributed by atoms with Crippen LogP contribution in [-0.4, -0.2) is 44.1 Å². The Morgan fingerprint density at radius 1 is 1.48 bits per heavy atom. The molecule has 1 fully saturated rings. The van der Waals surface area contributed by atoms with Crippen LogP contribution in [-0.2, 0) is 0 Å². The predicted molar refractivity (Wildman–Crippen MR) is 80.2 cm³/mol. The molecule has 1 aromatic rings. The summed E-state index contributed by atoms with van der Waals surface area (Å²) in [6, 6.07) is 4.71. The van der Waals surface area contributed by atoms with Crippen molar-refractivity contribution >= 4 is 5.91 Å². The molecule has 1 heterocycles. The Labute approximate surface area is 125 Å². The standard InChI is InChI=1S/C16H23FN2O2/c1-19(10-8-13-5-3-4-9-18-13)16(20)12-6-7-14(17)15(11-12)21-2/h6-7,11,13,18H,3-5,8-10H2,1-2H3. The van der Waals surface area contributed by atoms with Crippen molar-refractivity contribution < 1.29 is 13.9 Å². The van der Waals surface area contributed by atoms with Crippen molar-refractivity contribution in [3.63, 3.8) is 0 Å². The lowest BCUT2D eigenvalue weighted by Crippen LogP contribution is -2.38. The van der Waals surface area contributed by atoms with Crippen LogP contribution in [0.3, 0.4) is 0 Å². The number of methoxy groups -OCH3 is 1. The van der Waals surface area contributed by atoms with Gasteiger partial charge in [-0.2, -0.15) is 0 Å². The molecule has 21 heavy (non-hydrogen) atoms. The molecule has 0 saturated carbocycles. The van der Waals surface area contributed by atoms with Gasteiger partial charge in [0.15, 0.2) is 11.6 Å². The van der Waals surface area contributed by atoms with Gasteiger partial charge in [0.1, 0.15) is 0 Å². The van der Waals surface area contributed by atoms with Gasteiger partial charge in [0.2, 0.25) is 0 Å². The Kier molecular flexibility index (Phi) is 5.56. The summed E-state index contributed by atoms with van der Waals surface area (Å²) in [6.45, 7) is 1.76. The number of halogens is 1. The number of rotatable bonds is 5. The fourth-order valence-electron chi connectivity index (χ4n) is 2.63. The van der Waals surface area contributed by atoms with Gasteiger partial charge in [-0.3, -0.25) is 4.79 Å². The highest BCUT2D eigenvalue weighted by atomic mass is 19.1. The fourth-order valence-corrected chi connectivity index (χ4v) is 2.63. The number of amides is 1. The van der Waals surface area contributed by atoms with E-state index in [1.807, 2.05) is 0 Å². The third-order valence-electron chi connectivity index (χ3n) is 3.97. The van der Waals surface area contributed by atoms with Crippen LogP contribution in [0.25, 0.3) is 0 Å². The van der Waals surface area contributed by atoms with E-state index in [2.05, 4.69) is 5.32 Å². The monoisotopic (exact) mass is 294 g/mol. The van der Waals surface area contributed by atoms with Gasteiger partial charge in [0.05, 0.1) is 7.11 Å². The van der Waals surface area contributed by atoms with Crippen molar-refractivity contribution in [1.29, 1.82) is 0 Å². The molecule has 1 amide bonds. The number of carbonyl (C=O) groups is 1. The van der Waals surface area contributed by atoms with E-state index in [0.29, 0.717) is 18.2 Å². The van der Waals surface area contributed by atoms with E-state index < -0.39 is 5.82 Å². The number of nitrogens with one attached hydrogen (secondary N) is 1. The molecule has 4 nitrogen and oxygen atoms in total. The molecule has 1 aromatic carbocycles. The maximum Gasteiger partial charge on any atom is 0.253 e. The first-order chi connectivity index (χ1) is 10.1. The van der Waals surface area contributed by atoms with Gasteiger partial charge in [-0.25, -0.2) is 4.39 Å². The Balaban J connectivity index is 1.92. The van der Waals surface area contributed by atoms with E-state index >= 15 is 0 Å². The molecule has 0 aliphatic carbocycles. The highest BCUT2D eigenvalue weighted by molar-refractivity contribution is 5.94. The maximum absolute atomic E-state index is 13.4. The summed E-state index contributed by atoms with van der Waals surface area (Å²) < 4.78 is 18.3. The van der Waals surface area contributed by atoms with Gasteiger partial charge in [-0.1, -0.05) is 6.42 Å². The van der Waals surface area contributed by atoms with E-state index in [9.17, 15) is 9.18 Å². The number of carbonyl (C=O) groups excluding carboxylic acids is 1. The molecule has 1 aliphatic heterocycles. The minimum Gasteiger partial charge on any atom is -0.494 e. The molecule has 116 valence electrons. The number of benzene rings is 1. The topological polar surface area (TPSA) is 41.6 Å². The Morgan fingerprint density at radius 2 is 2.29 bits per heavy atom. The third kappa shape index (κ3) is 4.17. The second-order valence-corrected chi connectivity index (χ2v) is 5.51. The summed E-state index contributed by atoms with van der Waals surface area (Å²) in [5.74, 6) is -0.463. The third-order valence-corrected chi connectivity index (χ3v) is 3.97. The SMILES string of the molecule is COc1cc(C(=O)N(C)CCC2CCCCN2)ccc1F. The van der Waals surface area contributed by atoms with Crippen LogP contribution < -0.4 is 10.1 Å². The lowest BCUT2D eigenvalue weighted by Gasteiger charge is -2.26. The van der Waals surface area contributed by atoms with Gasteiger partial charge >= 0.3 is 0 Å². The summed E-state index contributed by atoms with van der Waals surface area (Å²) in [4.78, 5) is 14.0. The number of hydrogen-bond acceptors (Lipinski definition) is 3. The Morgan fingerprint density at radius 3 is 2.95 bits per heavy atom. The van der Waals surface area contributed by atoms with Crippen LogP contribution >= 0.6 is 0 Å². The molecule has 0 aromatic heterocycles. The van der Waals surface area contributed by atoms with Crippen molar-refractivity contribution in [2.45, 2.75) is 31.7 Å². The predicted octanol–water partition coefficient (Wildman–Crippen LogP) is 2.44. The van der Waals surface area contributed by atoms with E-state index in [0.717, 1.165) is 13.0 Å². The zero-order valence-corrected chi connectivity index (χ0v) is 12.7. The van der Waals surface area contributed by atoms with E-state index in [1.54, 1.807) is 11.9 Å². The first kappa shape index (κ1) is 15.8. The van der Waals surface area contributed by atoms with Crippen LogP contribution in [0.4, 0.5) is 4.39 Å². The first-order valence-corrected chi connectivity index (χ1v) is 7.44. The number of hydrogen-bond donors (Lipinski definition) is 1. The van der Waals surface area contributed by atoms with Crippen LogP contribution in [0, 0.1) is 5.82 Å². The average Bonchev–Trinajstić information content (AvgIpc) is 2.53. The summed E-state index contributed by atoms with van der Waals surface area (Å²) in [5, 5.41) is 3.47. The summed E-state index contributed by atoms with van der Waals surface area (Å²) in [7, 11) is 3.17. The van der Waals surface area contributed by atoms with E-state index in [1.165, 1.54) is 44.6 Å². The molecular weight excluding hydrogens is 271 g/mol. The van der Waals surface area contributed by atoms with Gasteiger partial charge < -0.3 is 15.0 Å². The normalized spacial score (nSPS) is 18.3. The maximum atomic E-state index is 13.4. The largest absolute Gasteiger partial charge is 0.494 e. The van der Waals surface area contributed by atoms with E-state index in [-0.39, 0.29) is 11.7 Å². The lowest BCUT2D eigenvalue weighted by atomic mass is 10.0. The minimum absolute atomic E-state index is 0.100. The van der Waals surface area contributed by atoms with Crippen molar-refractivity contribution in [3.8, 4) is 5.75 Å². The van der Waals surface area contributed by atoms with Crippen molar-refractivity contribution in [2.24, 2.45) is 0 Å². The van der Waals surface area contributed by atoms with Gasteiger partial charge in [0.25, 0.3) is 5.91 Å². The highest BCUT2D eigenvalue weighted by Gasteiger charge is 2.17. The Bertz CT molecular complexity index is 487. The van der Waals surface area contributed by atoms with Gasteiger partial charge in [-0.15, -0.1) is 0 Å². The van der Waals surface area contributed by atoms with Crippen LogP contribution in [0.5, 0.6) is 5.75 Å². The lowest BCUT2D eigenvalue weighted by molar-refractivity contribution is 0.0787. The second-order valence-electron chi connectivity index (χ2n) is 5.51. The highest BCUT2D eigenvalue weighted by Crippen LogP contribution is 2.19. The molecule has 0 spiro atoms. The molecule has 0 bridgehead atoms. The average molecular weight is 294 g/mol. The molecule has 1 saturated heterocycles. The van der Waals surface area contributed by atoms with Crippen LogP contribution in [0.15, 0.2) is 18.2 Å². The van der Waals surface area contributed by atoms with Crippen molar-refractivity contribution in [3.05, 3.63) is 29.6 Å². The van der Waals surface area contributed by atoms with Crippen LogP contribution in [0.2, 0.25) is 0 Å². The molecule has 1 unspecified atom stereocenters. The van der Waals surface area contributed by atoms with E-state index in [4.69, 9.17) is 4.74 Å². The zero-order chi connectivity index (χ0) is 15.2. The molecule has 5 heteroatoms. The molecule has 0 radical (unpaired) electrons. The molecule has 1 atom stereocenters. The summed E-state index contributed by atoms with van der Waals surface area (Å²) in [6.07, 6.45) is 4.61. The molecule has 1 aliphatic rings. The zero-order valence-electron chi connectivity index (χ0n) is 12.7. The number of nitrogens with zero attached hydrogens (tertiary/aromatic N) is 1. The molecule has 2 rings (SSSR count). The minimum atomic E-state index is -0.455. The van der Waals surface area contributed by atoms with Gasteiger partial charge in [0, 0.05) is 25.2 Å². The number of piperidine rings is 1. The number of ether oxygens (including phenoxy) is 1. The molecular formula is C16H23FN2O2. The van der Waals surface area contributed by atoms with Crippen molar-refractivity contribution in [2.75, 3.05) is 27.2 Å². The van der Waals surface area contributed by atoms with Crippen LogP contribution in [0.1, 0.15) is 36.0 Å². The fraction of sp³-hybridized carbons (Fsp3) is 0.562. The quantitative estimate of drug-likeness (QED) is 0.907. The smallest absolute Gasteiger partial charge is 0.253 e. The first-order valence-electron chi connectivity index (χ1n) is 7.44. The second kappa shape index (κ2) is 7.41. The van der Waals surface area contributed by atoms with Gasteiger partial charge in [-0.05, 0) is 44.0 Å². The molecule has 1 N–H and O–H groups in total.